The molecular weight excluding hydrogens is 586 g/mol. The first-order valence-electron chi connectivity index (χ1n) is 10.8. The Bertz CT molecular complexity index is 1090. The lowest BCUT2D eigenvalue weighted by atomic mass is 10.0. The first kappa shape index (κ1) is 26.3. The third kappa shape index (κ3) is 7.35. The highest BCUT2D eigenvalue weighted by Gasteiger charge is 2.31. The third-order valence-corrected chi connectivity index (χ3v) is 6.62. The average molecular weight is 611 g/mol. The van der Waals surface area contributed by atoms with Gasteiger partial charge < -0.3 is 15.0 Å². The van der Waals surface area contributed by atoms with Crippen LogP contribution in [0.25, 0.3) is 0 Å². The van der Waals surface area contributed by atoms with E-state index in [1.165, 1.54) is 4.90 Å². The summed E-state index contributed by atoms with van der Waals surface area (Å²) in [6, 6.07) is 21.4. The normalized spacial score (nSPS) is 11.5. The number of hydrogen-bond acceptors (Lipinski definition) is 3. The summed E-state index contributed by atoms with van der Waals surface area (Å²) in [5.41, 5.74) is 1.51. The van der Waals surface area contributed by atoms with Crippen molar-refractivity contribution in [3.8, 4) is 5.75 Å². The Hall–Kier alpha value is -2.29. The molecule has 0 aliphatic heterocycles. The van der Waals surface area contributed by atoms with Crippen molar-refractivity contribution in [1.82, 2.24) is 10.2 Å². The highest BCUT2D eigenvalue weighted by molar-refractivity contribution is 14.1. The molecule has 1 atom stereocenters. The molecule has 0 aliphatic carbocycles. The molecule has 0 heterocycles. The van der Waals surface area contributed by atoms with Crippen LogP contribution in [0.4, 0.5) is 0 Å². The molecule has 0 aliphatic rings. The number of rotatable bonds is 10. The van der Waals surface area contributed by atoms with Gasteiger partial charge in [0, 0.05) is 38.7 Å². The summed E-state index contributed by atoms with van der Waals surface area (Å²) in [7, 11) is 0. The van der Waals surface area contributed by atoms with Crippen LogP contribution in [0, 0.1) is 3.57 Å². The minimum Gasteiger partial charge on any atom is -0.484 e. The van der Waals surface area contributed by atoms with E-state index in [1.54, 1.807) is 30.3 Å². The van der Waals surface area contributed by atoms with E-state index >= 15 is 0 Å². The monoisotopic (exact) mass is 610 g/mol. The van der Waals surface area contributed by atoms with Crippen LogP contribution in [-0.4, -0.2) is 35.9 Å². The van der Waals surface area contributed by atoms with Crippen molar-refractivity contribution in [3.63, 3.8) is 0 Å². The Morgan fingerprint density at radius 1 is 0.971 bits per heavy atom. The van der Waals surface area contributed by atoms with Crippen LogP contribution < -0.4 is 10.1 Å². The molecule has 1 N–H and O–H groups in total. The molecule has 0 aromatic heterocycles. The second kappa shape index (κ2) is 13.0. The number of nitrogens with one attached hydrogen (secondary N) is 1. The molecule has 34 heavy (non-hydrogen) atoms. The van der Waals surface area contributed by atoms with Crippen LogP contribution >= 0.6 is 45.8 Å². The van der Waals surface area contributed by atoms with Gasteiger partial charge >= 0.3 is 0 Å². The van der Waals surface area contributed by atoms with Gasteiger partial charge in [-0.25, -0.2) is 0 Å². The second-order valence-electron chi connectivity index (χ2n) is 7.56. The Morgan fingerprint density at radius 2 is 1.62 bits per heavy atom. The molecule has 2 amide bonds. The largest absolute Gasteiger partial charge is 0.484 e. The van der Waals surface area contributed by atoms with Crippen molar-refractivity contribution in [2.24, 2.45) is 0 Å². The Labute approximate surface area is 223 Å². The summed E-state index contributed by atoms with van der Waals surface area (Å²) in [5, 5.41) is 3.71. The molecule has 0 saturated heterocycles. The number of benzene rings is 3. The van der Waals surface area contributed by atoms with Crippen molar-refractivity contribution in [3.05, 3.63) is 97.5 Å². The summed E-state index contributed by atoms with van der Waals surface area (Å²) in [6.07, 6.45) is 0.337. The number of carbonyl (C=O) groups excluding carboxylic acids is 2. The Kier molecular flexibility index (Phi) is 10.0. The number of likely N-dealkylation sites (N-methyl/N-ethyl adjacent to an activating group) is 1. The molecule has 178 valence electrons. The number of amides is 2. The average Bonchev–Trinajstić information content (AvgIpc) is 2.83. The first-order valence-corrected chi connectivity index (χ1v) is 12.6. The summed E-state index contributed by atoms with van der Waals surface area (Å²) in [4.78, 5) is 28.1. The molecule has 3 aromatic carbocycles. The molecule has 3 aromatic rings. The van der Waals surface area contributed by atoms with E-state index in [0.717, 1.165) is 9.13 Å². The lowest BCUT2D eigenvalue weighted by Crippen LogP contribution is -2.51. The van der Waals surface area contributed by atoms with E-state index in [1.807, 2.05) is 49.4 Å². The van der Waals surface area contributed by atoms with Crippen LogP contribution in [-0.2, 0) is 22.6 Å². The number of halogens is 3. The lowest BCUT2D eigenvalue weighted by Gasteiger charge is -2.32. The van der Waals surface area contributed by atoms with Crippen molar-refractivity contribution in [2.75, 3.05) is 13.2 Å². The van der Waals surface area contributed by atoms with Crippen LogP contribution in [0.15, 0.2) is 72.8 Å². The predicted molar refractivity (Wildman–Crippen MR) is 144 cm³/mol. The van der Waals surface area contributed by atoms with Crippen molar-refractivity contribution < 1.29 is 14.3 Å². The molecule has 5 nitrogen and oxygen atoms in total. The van der Waals surface area contributed by atoms with Gasteiger partial charge in [0.1, 0.15) is 11.8 Å². The lowest BCUT2D eigenvalue weighted by molar-refractivity contribution is -0.142. The summed E-state index contributed by atoms with van der Waals surface area (Å²) >= 11 is 15.0. The summed E-state index contributed by atoms with van der Waals surface area (Å²) in [5.74, 6) is -0.0269. The van der Waals surface area contributed by atoms with Crippen molar-refractivity contribution in [2.45, 2.75) is 25.9 Å². The molecule has 1 unspecified atom stereocenters. The van der Waals surface area contributed by atoms with E-state index in [4.69, 9.17) is 27.9 Å². The van der Waals surface area contributed by atoms with E-state index in [2.05, 4.69) is 27.9 Å². The van der Waals surface area contributed by atoms with Gasteiger partial charge in [0.05, 0.1) is 0 Å². The quantitative estimate of drug-likeness (QED) is 0.297. The van der Waals surface area contributed by atoms with Gasteiger partial charge in [-0.1, -0.05) is 59.6 Å². The molecule has 0 radical (unpaired) electrons. The van der Waals surface area contributed by atoms with Gasteiger partial charge in [-0.05, 0) is 71.5 Å². The fourth-order valence-corrected chi connectivity index (χ4v) is 4.34. The number of ether oxygens (including phenoxy) is 1. The first-order chi connectivity index (χ1) is 16.4. The zero-order valence-corrected chi connectivity index (χ0v) is 22.3. The van der Waals surface area contributed by atoms with Crippen LogP contribution in [0.2, 0.25) is 10.0 Å². The molecule has 0 bridgehead atoms. The molecule has 0 saturated carbocycles. The highest BCUT2D eigenvalue weighted by atomic mass is 127. The van der Waals surface area contributed by atoms with Crippen molar-refractivity contribution in [1.29, 1.82) is 0 Å². The van der Waals surface area contributed by atoms with Gasteiger partial charge in [-0.15, -0.1) is 0 Å². The Balaban J connectivity index is 1.93. The smallest absolute Gasteiger partial charge is 0.261 e. The predicted octanol–water partition coefficient (Wildman–Crippen LogP) is 5.75. The fraction of sp³-hybridized carbons (Fsp3) is 0.231. The maximum absolute atomic E-state index is 13.5. The standard InChI is InChI=1S/C26H25Cl2IN2O3/c1-2-30-26(33)24(15-18-7-4-3-5-8-18)31(16-21-22(27)9-6-10-23(21)28)25(32)17-34-20-13-11-19(29)12-14-20/h3-14,24H,2,15-17H2,1H3,(H,30,33). The van der Waals surface area contributed by atoms with E-state index < -0.39 is 6.04 Å². The zero-order chi connectivity index (χ0) is 24.5. The summed E-state index contributed by atoms with van der Waals surface area (Å²) < 4.78 is 6.81. The van der Waals surface area contributed by atoms with Gasteiger partial charge in [0.15, 0.2) is 6.61 Å². The van der Waals surface area contributed by atoms with Gasteiger partial charge in [0.2, 0.25) is 5.91 Å². The maximum Gasteiger partial charge on any atom is 0.261 e. The van der Waals surface area contributed by atoms with Gasteiger partial charge in [-0.3, -0.25) is 9.59 Å². The number of nitrogens with zero attached hydrogens (tertiary/aromatic N) is 1. The maximum atomic E-state index is 13.5. The molecular formula is C26H25Cl2IN2O3. The topological polar surface area (TPSA) is 58.6 Å². The minimum absolute atomic E-state index is 0.0715. The van der Waals surface area contributed by atoms with Gasteiger partial charge in [-0.2, -0.15) is 0 Å². The fourth-order valence-electron chi connectivity index (χ4n) is 3.46. The minimum atomic E-state index is -0.775. The number of carbonyl (C=O) groups is 2. The second-order valence-corrected chi connectivity index (χ2v) is 9.62. The molecule has 8 heteroatoms. The zero-order valence-electron chi connectivity index (χ0n) is 18.6. The van der Waals surface area contributed by atoms with Crippen LogP contribution in [0.5, 0.6) is 5.75 Å². The molecule has 0 fully saturated rings. The van der Waals surface area contributed by atoms with E-state index in [-0.39, 0.29) is 25.0 Å². The van der Waals surface area contributed by atoms with Crippen LogP contribution in [0.1, 0.15) is 18.1 Å². The van der Waals surface area contributed by atoms with E-state index in [9.17, 15) is 9.59 Å². The van der Waals surface area contributed by atoms with E-state index in [0.29, 0.717) is 34.3 Å². The Morgan fingerprint density at radius 3 is 2.24 bits per heavy atom. The van der Waals surface area contributed by atoms with Gasteiger partial charge in [0.25, 0.3) is 5.91 Å². The SMILES string of the molecule is CCNC(=O)C(Cc1ccccc1)N(Cc1c(Cl)cccc1Cl)C(=O)COc1ccc(I)cc1. The third-order valence-electron chi connectivity index (χ3n) is 5.19. The van der Waals surface area contributed by atoms with Crippen molar-refractivity contribution >= 4 is 57.6 Å². The summed E-state index contributed by atoms with van der Waals surface area (Å²) in [6.45, 7) is 2.13. The molecule has 3 rings (SSSR count). The number of hydrogen-bond donors (Lipinski definition) is 1. The highest BCUT2D eigenvalue weighted by Crippen LogP contribution is 2.27. The van der Waals surface area contributed by atoms with Crippen LogP contribution in [0.3, 0.4) is 0 Å². The molecule has 0 spiro atoms.